The van der Waals surface area contributed by atoms with Crippen molar-refractivity contribution in [1.82, 2.24) is 10.2 Å². The van der Waals surface area contributed by atoms with E-state index in [9.17, 15) is 4.79 Å². The van der Waals surface area contributed by atoms with Gasteiger partial charge in [0.25, 0.3) is 0 Å². The topological polar surface area (TPSA) is 32.3 Å². The first kappa shape index (κ1) is 10.3. The Balaban J connectivity index is 1.83. The molecule has 0 saturated carbocycles. The van der Waals surface area contributed by atoms with Crippen LogP contribution in [0.15, 0.2) is 0 Å². The third-order valence-electron chi connectivity index (χ3n) is 3.06. The largest absolute Gasteiger partial charge is 0.344 e. The summed E-state index contributed by atoms with van der Waals surface area (Å²) in [5, 5.41) is 4.23. The van der Waals surface area contributed by atoms with Crippen molar-refractivity contribution in [3.8, 4) is 0 Å². The number of hydrogen-bond donors (Lipinski definition) is 1. The van der Waals surface area contributed by atoms with E-state index in [4.69, 9.17) is 0 Å². The third kappa shape index (κ3) is 2.06. The minimum atomic E-state index is 0.0934. The van der Waals surface area contributed by atoms with Crippen molar-refractivity contribution in [3.05, 3.63) is 0 Å². The normalized spacial score (nSPS) is 38.3. The van der Waals surface area contributed by atoms with Crippen molar-refractivity contribution in [2.75, 3.05) is 19.3 Å². The molecule has 0 spiro atoms. The fourth-order valence-electron chi connectivity index (χ4n) is 2.19. The number of hydrogen-bond acceptors (Lipinski definition) is 3. The van der Waals surface area contributed by atoms with Gasteiger partial charge in [-0.05, 0) is 12.8 Å². The zero-order chi connectivity index (χ0) is 10.1. The number of nitrogens with one attached hydrogen (secondary N) is 1. The molecule has 0 aromatic rings. The van der Waals surface area contributed by atoms with Gasteiger partial charge < -0.3 is 10.2 Å². The van der Waals surface area contributed by atoms with Crippen LogP contribution in [0.3, 0.4) is 0 Å². The van der Waals surface area contributed by atoms with Gasteiger partial charge in [0.2, 0.25) is 5.91 Å². The number of carbonyl (C=O) groups is 1. The Morgan fingerprint density at radius 3 is 2.86 bits per heavy atom. The lowest BCUT2D eigenvalue weighted by Gasteiger charge is -2.17. The monoisotopic (exact) mass is 214 g/mol. The van der Waals surface area contributed by atoms with Crippen LogP contribution in [0.4, 0.5) is 0 Å². The van der Waals surface area contributed by atoms with E-state index in [1.807, 2.05) is 23.7 Å². The van der Waals surface area contributed by atoms with Gasteiger partial charge in [-0.2, -0.15) is 11.8 Å². The molecule has 2 aliphatic rings. The van der Waals surface area contributed by atoms with E-state index < -0.39 is 0 Å². The van der Waals surface area contributed by atoms with E-state index in [0.29, 0.717) is 6.04 Å². The maximum absolute atomic E-state index is 11.6. The average Bonchev–Trinajstić information content (AvgIpc) is 2.67. The fraction of sp³-hybridized carbons (Fsp3) is 0.900. The van der Waals surface area contributed by atoms with Crippen LogP contribution in [0.2, 0.25) is 0 Å². The van der Waals surface area contributed by atoms with E-state index in [1.54, 1.807) is 0 Å². The number of rotatable bonds is 2. The van der Waals surface area contributed by atoms with Crippen molar-refractivity contribution in [3.63, 3.8) is 0 Å². The van der Waals surface area contributed by atoms with E-state index >= 15 is 0 Å². The second kappa shape index (κ2) is 4.11. The summed E-state index contributed by atoms with van der Waals surface area (Å²) in [6, 6.07) is 0.645. The molecule has 4 heteroatoms. The summed E-state index contributed by atoms with van der Waals surface area (Å²) in [5.74, 6) is 1.43. The zero-order valence-electron chi connectivity index (χ0n) is 8.82. The molecule has 80 valence electrons. The van der Waals surface area contributed by atoms with Crippen LogP contribution >= 0.6 is 11.8 Å². The second-order valence-corrected chi connectivity index (χ2v) is 5.82. The van der Waals surface area contributed by atoms with Crippen molar-refractivity contribution >= 4 is 17.7 Å². The first-order valence-electron chi connectivity index (χ1n) is 5.29. The number of nitrogens with zero attached hydrogens (tertiary/aromatic N) is 1. The highest BCUT2D eigenvalue weighted by atomic mass is 32.2. The van der Waals surface area contributed by atoms with Gasteiger partial charge in [-0.25, -0.2) is 0 Å². The summed E-state index contributed by atoms with van der Waals surface area (Å²) in [6.07, 6.45) is 2.18. The quantitative estimate of drug-likeness (QED) is 0.734. The molecular formula is C10H18N2OS. The molecule has 2 aliphatic heterocycles. The smallest absolute Gasteiger partial charge is 0.239 e. The molecule has 2 fully saturated rings. The maximum atomic E-state index is 11.6. The molecular weight excluding hydrogens is 196 g/mol. The number of thioether (sulfide) groups is 1. The summed E-state index contributed by atoms with van der Waals surface area (Å²) >= 11 is 2.00. The molecule has 0 radical (unpaired) electrons. The summed E-state index contributed by atoms with van der Waals surface area (Å²) < 4.78 is 0. The zero-order valence-corrected chi connectivity index (χ0v) is 9.64. The molecule has 0 aromatic carbocycles. The van der Waals surface area contributed by atoms with E-state index in [2.05, 4.69) is 12.2 Å². The lowest BCUT2D eigenvalue weighted by Crippen LogP contribution is -2.43. The molecule has 0 aliphatic carbocycles. The molecule has 1 amide bonds. The Morgan fingerprint density at radius 1 is 1.57 bits per heavy atom. The third-order valence-corrected chi connectivity index (χ3v) is 4.42. The first-order chi connectivity index (χ1) is 6.66. The van der Waals surface area contributed by atoms with Crippen molar-refractivity contribution in [2.45, 2.75) is 37.1 Å². The van der Waals surface area contributed by atoms with Crippen LogP contribution in [-0.4, -0.2) is 47.5 Å². The van der Waals surface area contributed by atoms with Gasteiger partial charge in [0.05, 0.1) is 6.04 Å². The Bertz CT molecular complexity index is 234. The van der Waals surface area contributed by atoms with Crippen LogP contribution < -0.4 is 5.32 Å². The Morgan fingerprint density at radius 2 is 2.36 bits per heavy atom. The van der Waals surface area contributed by atoms with Crippen LogP contribution in [0.25, 0.3) is 0 Å². The summed E-state index contributed by atoms with van der Waals surface area (Å²) in [4.78, 5) is 13.5. The predicted molar refractivity (Wildman–Crippen MR) is 59.5 cm³/mol. The molecule has 14 heavy (non-hydrogen) atoms. The fourth-order valence-corrected chi connectivity index (χ4v) is 3.36. The molecule has 3 nitrogen and oxygen atoms in total. The van der Waals surface area contributed by atoms with Crippen LogP contribution in [0, 0.1) is 0 Å². The van der Waals surface area contributed by atoms with Crippen LogP contribution in [0.1, 0.15) is 19.8 Å². The van der Waals surface area contributed by atoms with Gasteiger partial charge in [-0.3, -0.25) is 4.79 Å². The molecule has 0 bridgehead atoms. The molecule has 2 saturated heterocycles. The lowest BCUT2D eigenvalue weighted by molar-refractivity contribution is -0.128. The van der Waals surface area contributed by atoms with E-state index in [1.165, 1.54) is 6.42 Å². The van der Waals surface area contributed by atoms with Crippen molar-refractivity contribution in [1.29, 1.82) is 0 Å². The molecule has 0 aromatic heterocycles. The Kier molecular flexibility index (Phi) is 3.02. The van der Waals surface area contributed by atoms with Crippen LogP contribution in [0.5, 0.6) is 0 Å². The van der Waals surface area contributed by atoms with E-state index in [0.717, 1.165) is 24.0 Å². The number of carbonyl (C=O) groups excluding carboxylic acids is 1. The van der Waals surface area contributed by atoms with Crippen molar-refractivity contribution < 1.29 is 4.79 Å². The molecule has 2 rings (SSSR count). The molecule has 3 unspecified atom stereocenters. The number of likely N-dealkylation sites (N-methyl/N-ethyl adjacent to an activating group) is 1. The highest BCUT2D eigenvalue weighted by Gasteiger charge is 2.32. The number of amides is 1. The highest BCUT2D eigenvalue weighted by molar-refractivity contribution is 8.00. The van der Waals surface area contributed by atoms with Gasteiger partial charge in [-0.15, -0.1) is 0 Å². The highest BCUT2D eigenvalue weighted by Crippen LogP contribution is 2.26. The molecule has 3 atom stereocenters. The van der Waals surface area contributed by atoms with Crippen LogP contribution in [-0.2, 0) is 4.79 Å². The average molecular weight is 214 g/mol. The Labute approximate surface area is 89.6 Å². The van der Waals surface area contributed by atoms with Gasteiger partial charge in [0, 0.05) is 30.6 Å². The number of likely N-dealkylation sites (tertiary alicyclic amines) is 1. The lowest BCUT2D eigenvalue weighted by atomic mass is 10.1. The summed E-state index contributed by atoms with van der Waals surface area (Å²) in [7, 11) is 1.88. The minimum absolute atomic E-state index is 0.0934. The minimum Gasteiger partial charge on any atom is -0.344 e. The Hall–Kier alpha value is -0.220. The first-order valence-corrected chi connectivity index (χ1v) is 6.34. The standard InChI is InChI=1S/C10H18N2OS/c1-7-5-8(6-14-7)11-9-3-4-12(2)10(9)13/h7-9,11H,3-6H2,1-2H3. The summed E-state index contributed by atoms with van der Waals surface area (Å²) in [6.45, 7) is 3.17. The SMILES string of the molecule is CC1CC(NC2CCN(C)C2=O)CS1. The van der Waals surface area contributed by atoms with Gasteiger partial charge >= 0.3 is 0 Å². The maximum Gasteiger partial charge on any atom is 0.239 e. The molecule has 1 N–H and O–H groups in total. The summed E-state index contributed by atoms with van der Waals surface area (Å²) in [5.41, 5.74) is 0. The van der Waals surface area contributed by atoms with Gasteiger partial charge in [0.15, 0.2) is 0 Å². The van der Waals surface area contributed by atoms with Gasteiger partial charge in [-0.1, -0.05) is 6.92 Å². The van der Waals surface area contributed by atoms with Gasteiger partial charge in [0.1, 0.15) is 0 Å². The molecule has 2 heterocycles. The predicted octanol–water partition coefficient (Wildman–Crippen LogP) is 0.701. The van der Waals surface area contributed by atoms with Crippen molar-refractivity contribution in [2.24, 2.45) is 0 Å². The second-order valence-electron chi connectivity index (χ2n) is 4.34. The van der Waals surface area contributed by atoms with E-state index in [-0.39, 0.29) is 11.9 Å².